The summed E-state index contributed by atoms with van der Waals surface area (Å²) in [4.78, 5) is 3.84. The number of halogens is 2. The number of rotatable bonds is 3. The fourth-order valence-electron chi connectivity index (χ4n) is 1.42. The smallest absolute Gasteiger partial charge is 0.131 e. The number of aromatic nitrogens is 1. The molecule has 1 aromatic carbocycles. The van der Waals surface area contributed by atoms with E-state index in [1.807, 2.05) is 0 Å². The average molecular weight is 235 g/mol. The lowest BCUT2D eigenvalue weighted by atomic mass is 10.2. The largest absolute Gasteiger partial charge is 0.396 e. The highest BCUT2D eigenvalue weighted by Crippen LogP contribution is 2.17. The number of pyridine rings is 1. The van der Waals surface area contributed by atoms with Gasteiger partial charge in [-0.25, -0.2) is 8.78 Å². The fourth-order valence-corrected chi connectivity index (χ4v) is 1.42. The third-order valence-corrected chi connectivity index (χ3v) is 2.34. The molecule has 0 bridgehead atoms. The predicted molar refractivity (Wildman–Crippen MR) is 62.3 cm³/mol. The van der Waals surface area contributed by atoms with Crippen molar-refractivity contribution >= 4 is 11.4 Å². The molecule has 1 heterocycles. The first-order chi connectivity index (χ1) is 8.16. The fraction of sp³-hybridized carbons (Fsp3) is 0.0833. The number of hydrogen-bond acceptors (Lipinski definition) is 3. The Morgan fingerprint density at radius 2 is 2.06 bits per heavy atom. The van der Waals surface area contributed by atoms with Crippen molar-refractivity contribution in [2.45, 2.75) is 6.54 Å². The number of hydrogen-bond donors (Lipinski definition) is 2. The molecule has 0 fully saturated rings. The lowest BCUT2D eigenvalue weighted by Gasteiger charge is -2.09. The van der Waals surface area contributed by atoms with Crippen LogP contribution in [0.3, 0.4) is 0 Å². The summed E-state index contributed by atoms with van der Waals surface area (Å²) in [5, 5.41) is 2.96. The van der Waals surface area contributed by atoms with Crippen molar-refractivity contribution in [2.24, 2.45) is 0 Å². The van der Waals surface area contributed by atoms with Crippen LogP contribution in [-0.2, 0) is 6.54 Å². The van der Waals surface area contributed by atoms with Crippen molar-refractivity contribution in [3.05, 3.63) is 53.9 Å². The molecule has 0 saturated heterocycles. The second kappa shape index (κ2) is 4.78. The zero-order valence-corrected chi connectivity index (χ0v) is 8.95. The first kappa shape index (κ1) is 11.3. The van der Waals surface area contributed by atoms with Crippen LogP contribution >= 0.6 is 0 Å². The van der Waals surface area contributed by atoms with Crippen LogP contribution < -0.4 is 11.1 Å². The van der Waals surface area contributed by atoms with Gasteiger partial charge < -0.3 is 11.1 Å². The van der Waals surface area contributed by atoms with Gasteiger partial charge in [0.2, 0.25) is 0 Å². The first-order valence-electron chi connectivity index (χ1n) is 5.04. The normalized spacial score (nSPS) is 10.2. The van der Waals surface area contributed by atoms with Crippen LogP contribution in [0.4, 0.5) is 20.2 Å². The zero-order chi connectivity index (χ0) is 12.3. The quantitative estimate of drug-likeness (QED) is 0.859. The maximum Gasteiger partial charge on any atom is 0.131 e. The monoisotopic (exact) mass is 235 g/mol. The molecule has 0 aliphatic heterocycles. The Balaban J connectivity index is 2.10. The Labute approximate surface area is 97.3 Å². The van der Waals surface area contributed by atoms with Crippen LogP contribution in [0, 0.1) is 11.6 Å². The van der Waals surface area contributed by atoms with Gasteiger partial charge in [0.1, 0.15) is 11.6 Å². The standard InChI is InChI=1S/C12H11F2N3/c13-9-2-1-8(10(14)5-9)6-17-12-3-4-16-7-11(12)15/h1-5,7H,6,15H2,(H,16,17). The summed E-state index contributed by atoms with van der Waals surface area (Å²) < 4.78 is 26.0. The highest BCUT2D eigenvalue weighted by molar-refractivity contribution is 5.64. The molecule has 0 radical (unpaired) electrons. The first-order valence-corrected chi connectivity index (χ1v) is 5.04. The number of benzene rings is 1. The van der Waals surface area contributed by atoms with Crippen LogP contribution in [0.25, 0.3) is 0 Å². The maximum atomic E-state index is 13.3. The van der Waals surface area contributed by atoms with Gasteiger partial charge in [-0.15, -0.1) is 0 Å². The van der Waals surface area contributed by atoms with E-state index < -0.39 is 11.6 Å². The number of nitrogen functional groups attached to an aromatic ring is 1. The molecule has 0 spiro atoms. The van der Waals surface area contributed by atoms with E-state index in [1.165, 1.54) is 18.3 Å². The molecule has 0 saturated carbocycles. The average Bonchev–Trinajstić information content (AvgIpc) is 2.30. The van der Waals surface area contributed by atoms with E-state index >= 15 is 0 Å². The van der Waals surface area contributed by atoms with Gasteiger partial charge in [-0.05, 0) is 12.1 Å². The van der Waals surface area contributed by atoms with Crippen LogP contribution in [0.5, 0.6) is 0 Å². The van der Waals surface area contributed by atoms with Crippen molar-refractivity contribution in [3.8, 4) is 0 Å². The van der Waals surface area contributed by atoms with Gasteiger partial charge in [-0.3, -0.25) is 4.98 Å². The summed E-state index contributed by atoms with van der Waals surface area (Å²) in [7, 11) is 0. The van der Waals surface area contributed by atoms with Crippen molar-refractivity contribution in [1.29, 1.82) is 0 Å². The van der Waals surface area contributed by atoms with Gasteiger partial charge in [-0.1, -0.05) is 6.07 Å². The highest BCUT2D eigenvalue weighted by Gasteiger charge is 2.04. The van der Waals surface area contributed by atoms with Gasteiger partial charge in [-0.2, -0.15) is 0 Å². The molecule has 1 aromatic heterocycles. The molecule has 3 N–H and O–H groups in total. The number of anilines is 2. The van der Waals surface area contributed by atoms with Crippen LogP contribution in [0.2, 0.25) is 0 Å². The molecule has 88 valence electrons. The predicted octanol–water partition coefficient (Wildman–Crippen LogP) is 2.55. The summed E-state index contributed by atoms with van der Waals surface area (Å²) in [6, 6.07) is 5.16. The summed E-state index contributed by atoms with van der Waals surface area (Å²) in [5.74, 6) is -1.17. The molecular formula is C12H11F2N3. The Hall–Kier alpha value is -2.17. The molecule has 17 heavy (non-hydrogen) atoms. The highest BCUT2D eigenvalue weighted by atomic mass is 19.1. The Morgan fingerprint density at radius 3 is 2.76 bits per heavy atom. The Morgan fingerprint density at radius 1 is 1.24 bits per heavy atom. The third kappa shape index (κ3) is 2.69. The zero-order valence-electron chi connectivity index (χ0n) is 8.95. The topological polar surface area (TPSA) is 50.9 Å². The SMILES string of the molecule is Nc1cnccc1NCc1ccc(F)cc1F. The lowest BCUT2D eigenvalue weighted by Crippen LogP contribution is -2.04. The minimum atomic E-state index is -0.588. The molecule has 0 unspecified atom stereocenters. The molecule has 0 amide bonds. The van der Waals surface area contributed by atoms with Gasteiger partial charge in [0, 0.05) is 24.4 Å². The van der Waals surface area contributed by atoms with Crippen LogP contribution in [0.15, 0.2) is 36.7 Å². The van der Waals surface area contributed by atoms with E-state index in [-0.39, 0.29) is 6.54 Å². The molecule has 3 nitrogen and oxygen atoms in total. The van der Waals surface area contributed by atoms with E-state index in [2.05, 4.69) is 10.3 Å². The Kier molecular flexibility index (Phi) is 3.18. The minimum absolute atomic E-state index is 0.236. The Bertz CT molecular complexity index is 529. The summed E-state index contributed by atoms with van der Waals surface area (Å²) >= 11 is 0. The lowest BCUT2D eigenvalue weighted by molar-refractivity contribution is 0.574. The third-order valence-electron chi connectivity index (χ3n) is 2.34. The molecule has 2 aromatic rings. The van der Waals surface area contributed by atoms with Gasteiger partial charge in [0.25, 0.3) is 0 Å². The van der Waals surface area contributed by atoms with E-state index in [4.69, 9.17) is 5.73 Å². The maximum absolute atomic E-state index is 13.3. The van der Waals surface area contributed by atoms with Gasteiger partial charge in [0.05, 0.1) is 17.6 Å². The molecule has 0 aliphatic carbocycles. The number of nitrogens with one attached hydrogen (secondary N) is 1. The van der Waals surface area contributed by atoms with E-state index in [9.17, 15) is 8.78 Å². The second-order valence-corrected chi connectivity index (χ2v) is 3.55. The molecule has 5 heteroatoms. The second-order valence-electron chi connectivity index (χ2n) is 3.55. The van der Waals surface area contributed by atoms with Crippen molar-refractivity contribution in [2.75, 3.05) is 11.1 Å². The van der Waals surface area contributed by atoms with E-state index in [1.54, 1.807) is 12.3 Å². The van der Waals surface area contributed by atoms with Crippen molar-refractivity contribution in [1.82, 2.24) is 4.98 Å². The molecule has 0 atom stereocenters. The number of nitrogens with zero attached hydrogens (tertiary/aromatic N) is 1. The number of nitrogens with two attached hydrogens (primary N) is 1. The molecule has 0 aliphatic rings. The molecular weight excluding hydrogens is 224 g/mol. The van der Waals surface area contributed by atoms with E-state index in [0.717, 1.165) is 6.07 Å². The minimum Gasteiger partial charge on any atom is -0.396 e. The van der Waals surface area contributed by atoms with Crippen LogP contribution in [0.1, 0.15) is 5.56 Å². The summed E-state index contributed by atoms with van der Waals surface area (Å²) in [5.41, 5.74) is 7.20. The van der Waals surface area contributed by atoms with Crippen molar-refractivity contribution < 1.29 is 8.78 Å². The van der Waals surface area contributed by atoms with Gasteiger partial charge >= 0.3 is 0 Å². The summed E-state index contributed by atoms with van der Waals surface area (Å²) in [6.07, 6.45) is 3.09. The van der Waals surface area contributed by atoms with E-state index in [0.29, 0.717) is 16.9 Å². The molecule has 2 rings (SSSR count). The summed E-state index contributed by atoms with van der Waals surface area (Å²) in [6.45, 7) is 0.236. The van der Waals surface area contributed by atoms with Crippen LogP contribution in [-0.4, -0.2) is 4.98 Å². The van der Waals surface area contributed by atoms with Gasteiger partial charge in [0.15, 0.2) is 0 Å². The van der Waals surface area contributed by atoms with Crippen molar-refractivity contribution in [3.63, 3.8) is 0 Å².